The molecule has 1 aliphatic heterocycles. The molecule has 3 rings (SSSR count). The Morgan fingerprint density at radius 3 is 2.29 bits per heavy atom. The van der Waals surface area contributed by atoms with Crippen LogP contribution >= 0.6 is 0 Å². The highest BCUT2D eigenvalue weighted by Gasteiger charge is 2.20. The van der Waals surface area contributed by atoms with Crippen molar-refractivity contribution in [2.24, 2.45) is 0 Å². The summed E-state index contributed by atoms with van der Waals surface area (Å²) in [6, 6.07) is 19.3. The number of carbonyl (C=O) groups excluding carboxylic acids is 1. The SMILES string of the molecule is O=C1/C=C(/c2ccccc2)OCC[C@@H](c2ccccc2)O1. The van der Waals surface area contributed by atoms with Crippen molar-refractivity contribution in [3.05, 3.63) is 77.9 Å². The molecule has 0 saturated heterocycles. The van der Waals surface area contributed by atoms with E-state index in [4.69, 9.17) is 9.47 Å². The molecule has 0 fully saturated rings. The Morgan fingerprint density at radius 1 is 0.905 bits per heavy atom. The van der Waals surface area contributed by atoms with Crippen molar-refractivity contribution >= 4 is 11.7 Å². The van der Waals surface area contributed by atoms with Gasteiger partial charge in [-0.05, 0) is 5.56 Å². The van der Waals surface area contributed by atoms with Crippen molar-refractivity contribution in [3.8, 4) is 0 Å². The highest BCUT2D eigenvalue weighted by molar-refractivity contribution is 5.90. The Labute approximate surface area is 123 Å². The molecule has 0 aromatic heterocycles. The highest BCUT2D eigenvalue weighted by atomic mass is 16.5. The largest absolute Gasteiger partial charge is 0.493 e. The van der Waals surface area contributed by atoms with Crippen molar-refractivity contribution in [2.75, 3.05) is 6.61 Å². The van der Waals surface area contributed by atoms with Crippen LogP contribution in [0.5, 0.6) is 0 Å². The summed E-state index contributed by atoms with van der Waals surface area (Å²) in [6.45, 7) is 0.508. The number of esters is 1. The zero-order valence-corrected chi connectivity index (χ0v) is 11.6. The third-order valence-electron chi connectivity index (χ3n) is 3.37. The van der Waals surface area contributed by atoms with Crippen molar-refractivity contribution in [2.45, 2.75) is 12.5 Å². The monoisotopic (exact) mass is 280 g/mol. The van der Waals surface area contributed by atoms with E-state index in [0.717, 1.165) is 11.1 Å². The minimum Gasteiger partial charge on any atom is -0.493 e. The zero-order chi connectivity index (χ0) is 14.5. The number of carbonyl (C=O) groups is 1. The number of hydrogen-bond donors (Lipinski definition) is 0. The molecule has 3 nitrogen and oxygen atoms in total. The van der Waals surface area contributed by atoms with Crippen molar-refractivity contribution < 1.29 is 14.3 Å². The Balaban J connectivity index is 1.80. The van der Waals surface area contributed by atoms with E-state index < -0.39 is 0 Å². The Hall–Kier alpha value is -2.55. The second-order valence-electron chi connectivity index (χ2n) is 4.85. The van der Waals surface area contributed by atoms with E-state index in [1.165, 1.54) is 6.08 Å². The lowest BCUT2D eigenvalue weighted by Crippen LogP contribution is -2.15. The van der Waals surface area contributed by atoms with Crippen LogP contribution < -0.4 is 0 Å². The van der Waals surface area contributed by atoms with Crippen LogP contribution in [0.4, 0.5) is 0 Å². The van der Waals surface area contributed by atoms with Crippen LogP contribution in [-0.4, -0.2) is 12.6 Å². The van der Waals surface area contributed by atoms with Gasteiger partial charge in [0, 0.05) is 12.0 Å². The van der Waals surface area contributed by atoms with Crippen LogP contribution in [0, 0.1) is 0 Å². The van der Waals surface area contributed by atoms with E-state index in [9.17, 15) is 4.79 Å². The molecule has 1 heterocycles. The average Bonchev–Trinajstić information content (AvgIpc) is 2.52. The number of ether oxygens (including phenoxy) is 2. The quantitative estimate of drug-likeness (QED) is 0.786. The Kier molecular flexibility index (Phi) is 4.01. The molecule has 0 saturated carbocycles. The maximum atomic E-state index is 12.0. The van der Waals surface area contributed by atoms with Gasteiger partial charge in [-0.25, -0.2) is 4.79 Å². The molecule has 0 amide bonds. The minimum atomic E-state index is -0.373. The summed E-state index contributed by atoms with van der Waals surface area (Å²) in [5.74, 6) is 0.189. The molecule has 106 valence electrons. The highest BCUT2D eigenvalue weighted by Crippen LogP contribution is 2.26. The predicted molar refractivity (Wildman–Crippen MR) is 80.3 cm³/mol. The van der Waals surface area contributed by atoms with Crippen LogP contribution in [0.15, 0.2) is 66.7 Å². The molecule has 0 N–H and O–H groups in total. The zero-order valence-electron chi connectivity index (χ0n) is 11.6. The van der Waals surface area contributed by atoms with Gasteiger partial charge in [0.25, 0.3) is 0 Å². The van der Waals surface area contributed by atoms with Gasteiger partial charge in [-0.15, -0.1) is 0 Å². The van der Waals surface area contributed by atoms with Crippen LogP contribution in [0.2, 0.25) is 0 Å². The first kappa shape index (κ1) is 13.4. The molecule has 1 aliphatic rings. The van der Waals surface area contributed by atoms with Gasteiger partial charge >= 0.3 is 5.97 Å². The van der Waals surface area contributed by atoms with Gasteiger partial charge in [-0.2, -0.15) is 0 Å². The molecule has 21 heavy (non-hydrogen) atoms. The van der Waals surface area contributed by atoms with Crippen molar-refractivity contribution in [1.29, 1.82) is 0 Å². The summed E-state index contributed by atoms with van der Waals surface area (Å²) >= 11 is 0. The predicted octanol–water partition coefficient (Wildman–Crippen LogP) is 3.73. The first-order valence-corrected chi connectivity index (χ1v) is 6.98. The maximum Gasteiger partial charge on any atom is 0.335 e. The lowest BCUT2D eigenvalue weighted by atomic mass is 10.1. The topological polar surface area (TPSA) is 35.5 Å². The number of rotatable bonds is 2. The smallest absolute Gasteiger partial charge is 0.335 e. The van der Waals surface area contributed by atoms with E-state index in [-0.39, 0.29) is 12.1 Å². The molecular weight excluding hydrogens is 264 g/mol. The first-order chi connectivity index (χ1) is 10.3. The molecular formula is C18H16O3. The molecule has 0 bridgehead atoms. The standard InChI is InChI=1S/C18H16O3/c19-18-13-17(15-9-5-2-6-10-15)20-12-11-16(21-18)14-7-3-1-4-8-14/h1-10,13,16H,11-12H2/b17-13-/t16-/m0/s1. The van der Waals surface area contributed by atoms with Gasteiger partial charge < -0.3 is 9.47 Å². The summed E-state index contributed by atoms with van der Waals surface area (Å²) in [6.07, 6.45) is 1.80. The van der Waals surface area contributed by atoms with E-state index in [2.05, 4.69) is 0 Å². The molecule has 0 unspecified atom stereocenters. The molecule has 0 radical (unpaired) electrons. The van der Waals surface area contributed by atoms with E-state index in [1.54, 1.807) is 0 Å². The van der Waals surface area contributed by atoms with Gasteiger partial charge in [-0.3, -0.25) is 0 Å². The summed E-state index contributed by atoms with van der Waals surface area (Å²) in [7, 11) is 0. The van der Waals surface area contributed by atoms with Crippen molar-refractivity contribution in [3.63, 3.8) is 0 Å². The van der Waals surface area contributed by atoms with E-state index in [0.29, 0.717) is 18.8 Å². The summed E-state index contributed by atoms with van der Waals surface area (Å²) in [5.41, 5.74) is 1.87. The molecule has 0 spiro atoms. The normalized spacial score (nSPS) is 21.2. The second kappa shape index (κ2) is 6.27. The first-order valence-electron chi connectivity index (χ1n) is 6.98. The number of benzene rings is 2. The lowest BCUT2D eigenvalue weighted by molar-refractivity contribution is -0.144. The second-order valence-corrected chi connectivity index (χ2v) is 4.85. The van der Waals surface area contributed by atoms with Gasteiger partial charge in [0.2, 0.25) is 0 Å². The molecule has 2 aromatic carbocycles. The van der Waals surface area contributed by atoms with E-state index in [1.807, 2.05) is 60.7 Å². The maximum absolute atomic E-state index is 12.0. The van der Waals surface area contributed by atoms with Gasteiger partial charge in [0.15, 0.2) is 0 Å². The molecule has 1 atom stereocenters. The van der Waals surface area contributed by atoms with E-state index >= 15 is 0 Å². The van der Waals surface area contributed by atoms with Crippen LogP contribution in [0.1, 0.15) is 23.7 Å². The lowest BCUT2D eigenvalue weighted by Gasteiger charge is -2.21. The van der Waals surface area contributed by atoms with Gasteiger partial charge in [0.1, 0.15) is 11.9 Å². The van der Waals surface area contributed by atoms with Crippen LogP contribution in [-0.2, 0) is 14.3 Å². The molecule has 3 heteroatoms. The summed E-state index contributed by atoms with van der Waals surface area (Å²) in [4.78, 5) is 12.0. The number of hydrogen-bond acceptors (Lipinski definition) is 3. The van der Waals surface area contributed by atoms with Crippen LogP contribution in [0.3, 0.4) is 0 Å². The Bertz CT molecular complexity index is 632. The third kappa shape index (κ3) is 3.31. The molecule has 2 aromatic rings. The third-order valence-corrected chi connectivity index (χ3v) is 3.37. The molecule has 0 aliphatic carbocycles. The minimum absolute atomic E-state index is 0.257. The summed E-state index contributed by atoms with van der Waals surface area (Å²) < 4.78 is 11.3. The fourth-order valence-corrected chi connectivity index (χ4v) is 2.33. The Morgan fingerprint density at radius 2 is 1.57 bits per heavy atom. The van der Waals surface area contributed by atoms with Gasteiger partial charge in [0.05, 0.1) is 12.7 Å². The summed E-state index contributed by atoms with van der Waals surface area (Å²) in [5, 5.41) is 0. The fourth-order valence-electron chi connectivity index (χ4n) is 2.33. The fraction of sp³-hybridized carbons (Fsp3) is 0.167. The average molecular weight is 280 g/mol. The van der Waals surface area contributed by atoms with Gasteiger partial charge in [-0.1, -0.05) is 60.7 Å². The van der Waals surface area contributed by atoms with Crippen molar-refractivity contribution in [1.82, 2.24) is 0 Å². The number of cyclic esters (lactones) is 1. The van der Waals surface area contributed by atoms with Crippen LogP contribution in [0.25, 0.3) is 5.76 Å².